The average Bonchev–Trinajstić information content (AvgIpc) is 3.09. The van der Waals surface area contributed by atoms with Crippen LogP contribution in [0, 0.1) is 0 Å². The van der Waals surface area contributed by atoms with E-state index < -0.39 is 18.0 Å². The number of esters is 1. The highest BCUT2D eigenvalue weighted by Crippen LogP contribution is 2.30. The number of halogens is 1. The number of para-hydroxylation sites is 1. The fourth-order valence-electron chi connectivity index (χ4n) is 2.33. The largest absolute Gasteiger partial charge is 0.495 e. The van der Waals surface area contributed by atoms with Crippen LogP contribution in [0.3, 0.4) is 0 Å². The molecule has 0 fully saturated rings. The van der Waals surface area contributed by atoms with Crippen LogP contribution in [-0.4, -0.2) is 35.8 Å². The van der Waals surface area contributed by atoms with Crippen LogP contribution in [0.15, 0.2) is 46.8 Å². The van der Waals surface area contributed by atoms with Crippen molar-refractivity contribution in [3.8, 4) is 5.75 Å². The van der Waals surface area contributed by atoms with Crippen LogP contribution in [0.25, 0.3) is 10.2 Å². The number of fused-ring (bicyclic) bond motifs is 1. The second-order valence-electron chi connectivity index (χ2n) is 5.70. The summed E-state index contributed by atoms with van der Waals surface area (Å²) in [5.74, 6) is -0.440. The quantitative estimate of drug-likeness (QED) is 0.430. The Labute approximate surface area is 175 Å². The van der Waals surface area contributed by atoms with E-state index in [-0.39, 0.29) is 5.75 Å². The predicted octanol–water partition coefficient (Wildman–Crippen LogP) is 4.62. The normalized spacial score (nSPS) is 11.8. The van der Waals surface area contributed by atoms with Crippen LogP contribution in [0.1, 0.15) is 6.92 Å². The summed E-state index contributed by atoms with van der Waals surface area (Å²) in [7, 11) is 1.49. The molecule has 146 valence electrons. The average molecular weight is 437 g/mol. The third-order valence-corrected chi connectivity index (χ3v) is 6.07. The molecule has 28 heavy (non-hydrogen) atoms. The molecule has 3 aromatic rings. The minimum absolute atomic E-state index is 0.0674. The van der Waals surface area contributed by atoms with Crippen LogP contribution in [0.5, 0.6) is 5.75 Å². The first-order valence-corrected chi connectivity index (χ1v) is 10.5. The number of thioether (sulfide) groups is 1. The summed E-state index contributed by atoms with van der Waals surface area (Å²) in [5, 5.41) is 3.11. The number of carbonyl (C=O) groups is 2. The van der Waals surface area contributed by atoms with Crippen LogP contribution in [0.2, 0.25) is 5.02 Å². The molecule has 0 radical (unpaired) electrons. The van der Waals surface area contributed by atoms with Gasteiger partial charge < -0.3 is 14.8 Å². The maximum atomic E-state index is 12.3. The number of carbonyl (C=O) groups excluding carboxylic acids is 2. The van der Waals surface area contributed by atoms with Crippen LogP contribution in [0.4, 0.5) is 5.69 Å². The number of aromatic nitrogens is 1. The second kappa shape index (κ2) is 9.27. The van der Waals surface area contributed by atoms with E-state index in [1.165, 1.54) is 37.1 Å². The molecule has 0 aliphatic heterocycles. The smallest absolute Gasteiger partial charge is 0.317 e. The number of amides is 1. The van der Waals surface area contributed by atoms with Gasteiger partial charge in [-0.05, 0) is 37.3 Å². The van der Waals surface area contributed by atoms with Gasteiger partial charge in [0.2, 0.25) is 0 Å². The molecule has 1 aromatic heterocycles. The molecule has 6 nitrogen and oxygen atoms in total. The van der Waals surface area contributed by atoms with E-state index in [1.807, 2.05) is 24.3 Å². The lowest BCUT2D eigenvalue weighted by molar-refractivity contribution is -0.150. The van der Waals surface area contributed by atoms with Crippen molar-refractivity contribution in [2.75, 3.05) is 18.2 Å². The standard InChI is InChI=1S/C19H17ClN2O4S2/c1-11(18(24)21-14-9-12(20)7-8-15(14)25-2)26-17(23)10-27-19-22-13-5-3-4-6-16(13)28-19/h3-9,11H,10H2,1-2H3,(H,21,24). The van der Waals surface area contributed by atoms with Gasteiger partial charge in [-0.3, -0.25) is 9.59 Å². The number of nitrogens with one attached hydrogen (secondary N) is 1. The molecule has 3 rings (SSSR count). The molecule has 0 aliphatic carbocycles. The van der Waals surface area contributed by atoms with Gasteiger partial charge in [-0.25, -0.2) is 4.98 Å². The molecule has 1 amide bonds. The summed E-state index contributed by atoms with van der Waals surface area (Å²) in [6.07, 6.45) is -0.966. The SMILES string of the molecule is COc1ccc(Cl)cc1NC(=O)C(C)OC(=O)CSc1nc2ccccc2s1. The number of hydrogen-bond acceptors (Lipinski definition) is 7. The van der Waals surface area contributed by atoms with E-state index in [0.29, 0.717) is 16.5 Å². The number of methoxy groups -OCH3 is 1. The summed E-state index contributed by atoms with van der Waals surface area (Å²) < 4.78 is 12.2. The molecule has 2 aromatic carbocycles. The second-order valence-corrected chi connectivity index (χ2v) is 8.39. The Morgan fingerprint density at radius 3 is 2.82 bits per heavy atom. The van der Waals surface area contributed by atoms with E-state index >= 15 is 0 Å². The summed E-state index contributed by atoms with van der Waals surface area (Å²) in [5.41, 5.74) is 1.30. The topological polar surface area (TPSA) is 77.5 Å². The minimum Gasteiger partial charge on any atom is -0.495 e. The zero-order chi connectivity index (χ0) is 20.1. The van der Waals surface area contributed by atoms with Gasteiger partial charge in [0.05, 0.1) is 28.8 Å². The molecule has 1 heterocycles. The minimum atomic E-state index is -0.966. The van der Waals surface area contributed by atoms with Crippen molar-refractivity contribution in [3.63, 3.8) is 0 Å². The third kappa shape index (κ3) is 5.15. The van der Waals surface area contributed by atoms with Gasteiger partial charge in [0.1, 0.15) is 5.75 Å². The molecule has 1 atom stereocenters. The van der Waals surface area contributed by atoms with Gasteiger partial charge >= 0.3 is 5.97 Å². The van der Waals surface area contributed by atoms with Gasteiger partial charge in [-0.15, -0.1) is 11.3 Å². The highest BCUT2D eigenvalue weighted by atomic mass is 35.5. The number of benzene rings is 2. The van der Waals surface area contributed by atoms with E-state index in [4.69, 9.17) is 21.1 Å². The Bertz CT molecular complexity index is 976. The van der Waals surface area contributed by atoms with E-state index in [9.17, 15) is 9.59 Å². The van der Waals surface area contributed by atoms with Crippen LogP contribution in [-0.2, 0) is 14.3 Å². The Morgan fingerprint density at radius 2 is 2.07 bits per heavy atom. The lowest BCUT2D eigenvalue weighted by Crippen LogP contribution is -2.30. The van der Waals surface area contributed by atoms with Gasteiger partial charge in [-0.1, -0.05) is 35.5 Å². The lowest BCUT2D eigenvalue weighted by atomic mass is 10.2. The highest BCUT2D eigenvalue weighted by molar-refractivity contribution is 8.01. The van der Waals surface area contributed by atoms with Crippen molar-refractivity contribution in [1.82, 2.24) is 4.98 Å². The number of rotatable bonds is 7. The molecular weight excluding hydrogens is 420 g/mol. The Hall–Kier alpha value is -2.29. The first kappa shape index (κ1) is 20.4. The van der Waals surface area contributed by atoms with E-state index in [1.54, 1.807) is 18.2 Å². The van der Waals surface area contributed by atoms with Crippen molar-refractivity contribution in [1.29, 1.82) is 0 Å². The molecule has 0 aliphatic rings. The molecule has 0 bridgehead atoms. The number of nitrogens with zero attached hydrogens (tertiary/aromatic N) is 1. The molecule has 0 saturated heterocycles. The first-order valence-electron chi connectivity index (χ1n) is 8.28. The maximum absolute atomic E-state index is 12.3. The molecule has 9 heteroatoms. The number of hydrogen-bond donors (Lipinski definition) is 1. The zero-order valence-electron chi connectivity index (χ0n) is 15.1. The van der Waals surface area contributed by atoms with Crippen LogP contribution < -0.4 is 10.1 Å². The Kier molecular flexibility index (Phi) is 6.77. The summed E-state index contributed by atoms with van der Waals surface area (Å²) in [4.78, 5) is 28.8. The van der Waals surface area contributed by atoms with Gasteiger partial charge in [0, 0.05) is 5.02 Å². The fraction of sp³-hybridized carbons (Fsp3) is 0.211. The van der Waals surface area contributed by atoms with Gasteiger partial charge in [0.25, 0.3) is 5.91 Å². The first-order chi connectivity index (χ1) is 13.5. The van der Waals surface area contributed by atoms with Gasteiger partial charge in [0.15, 0.2) is 10.4 Å². The van der Waals surface area contributed by atoms with Gasteiger partial charge in [-0.2, -0.15) is 0 Å². The molecular formula is C19H17ClN2O4S2. The Morgan fingerprint density at radius 1 is 1.29 bits per heavy atom. The Balaban J connectivity index is 1.53. The number of thiazole rings is 1. The fourth-order valence-corrected chi connectivity index (χ4v) is 4.35. The van der Waals surface area contributed by atoms with Crippen LogP contribution >= 0.6 is 34.7 Å². The van der Waals surface area contributed by atoms with E-state index in [0.717, 1.165) is 14.6 Å². The molecule has 0 spiro atoms. The van der Waals surface area contributed by atoms with Crippen molar-refractivity contribution in [2.45, 2.75) is 17.4 Å². The molecule has 1 unspecified atom stereocenters. The summed E-state index contributed by atoms with van der Waals surface area (Å²) in [6, 6.07) is 12.6. The maximum Gasteiger partial charge on any atom is 0.317 e. The summed E-state index contributed by atoms with van der Waals surface area (Å²) >= 11 is 8.74. The lowest BCUT2D eigenvalue weighted by Gasteiger charge is -2.15. The van der Waals surface area contributed by atoms with Crippen molar-refractivity contribution < 1.29 is 19.1 Å². The summed E-state index contributed by atoms with van der Waals surface area (Å²) in [6.45, 7) is 1.51. The zero-order valence-corrected chi connectivity index (χ0v) is 17.5. The molecule has 1 N–H and O–H groups in total. The number of ether oxygens (including phenoxy) is 2. The number of anilines is 1. The monoisotopic (exact) mass is 436 g/mol. The van der Waals surface area contributed by atoms with E-state index in [2.05, 4.69) is 10.3 Å². The van der Waals surface area contributed by atoms with Crippen molar-refractivity contribution in [2.24, 2.45) is 0 Å². The highest BCUT2D eigenvalue weighted by Gasteiger charge is 2.20. The third-order valence-electron chi connectivity index (χ3n) is 3.68. The predicted molar refractivity (Wildman–Crippen MR) is 113 cm³/mol. The molecule has 0 saturated carbocycles. The van der Waals surface area contributed by atoms with Crippen molar-refractivity contribution in [3.05, 3.63) is 47.5 Å². The van der Waals surface area contributed by atoms with Crippen molar-refractivity contribution >= 4 is 62.5 Å².